The van der Waals surface area contributed by atoms with Gasteiger partial charge in [0.25, 0.3) is 17.4 Å². The van der Waals surface area contributed by atoms with Crippen LogP contribution in [0.15, 0.2) is 84.4 Å². The number of Topliss-reactive ketones (excluding diaryl/α,β-unsaturated/α-hetero) is 1. The average molecular weight is 458 g/mol. The van der Waals surface area contributed by atoms with E-state index in [0.29, 0.717) is 23.3 Å². The Morgan fingerprint density at radius 1 is 1.03 bits per heavy atom. The number of nitro groups is 1. The lowest BCUT2D eigenvalue weighted by atomic mass is 9.95. The lowest BCUT2D eigenvalue weighted by molar-refractivity contribution is -0.384. The molecule has 1 heterocycles. The highest BCUT2D eigenvalue weighted by Crippen LogP contribution is 2.40. The molecule has 4 rings (SSSR count). The first-order valence-corrected chi connectivity index (χ1v) is 10.6. The molecule has 172 valence electrons. The molecule has 1 N–H and O–H groups in total. The van der Waals surface area contributed by atoms with Crippen molar-refractivity contribution in [3.05, 3.63) is 111 Å². The Morgan fingerprint density at radius 3 is 2.38 bits per heavy atom. The van der Waals surface area contributed by atoms with Crippen molar-refractivity contribution in [1.29, 1.82) is 0 Å². The number of hydrogen-bond donors (Lipinski definition) is 1. The van der Waals surface area contributed by atoms with Crippen LogP contribution in [0.2, 0.25) is 0 Å². The number of ether oxygens (including phenoxy) is 1. The Morgan fingerprint density at radius 2 is 1.74 bits per heavy atom. The fraction of sp³-hybridized carbons (Fsp3) is 0.154. The van der Waals surface area contributed by atoms with Crippen LogP contribution >= 0.6 is 0 Å². The average Bonchev–Trinajstić information content (AvgIpc) is 3.12. The number of nitro benzene ring substituents is 1. The van der Waals surface area contributed by atoms with Gasteiger partial charge in [0.05, 0.1) is 23.6 Å². The summed E-state index contributed by atoms with van der Waals surface area (Å²) in [6.07, 6.45) is 0.474. The summed E-state index contributed by atoms with van der Waals surface area (Å²) in [6, 6.07) is 20.7. The monoisotopic (exact) mass is 458 g/mol. The first kappa shape index (κ1) is 22.7. The summed E-state index contributed by atoms with van der Waals surface area (Å²) >= 11 is 0. The molecule has 0 bridgehead atoms. The van der Waals surface area contributed by atoms with Crippen molar-refractivity contribution in [1.82, 2.24) is 4.90 Å². The Hall–Kier alpha value is -4.46. The third-order valence-corrected chi connectivity index (χ3v) is 5.78. The fourth-order valence-corrected chi connectivity index (χ4v) is 4.06. The van der Waals surface area contributed by atoms with Gasteiger partial charge in [-0.3, -0.25) is 19.7 Å². The SMILES string of the molecule is COc1ccc(C(O)=C2C(=O)C(=O)N(CCc3ccccc3)[C@@H]2c2cccc([N+](=O)[O-])c2)cc1. The van der Waals surface area contributed by atoms with E-state index in [9.17, 15) is 24.8 Å². The predicted molar refractivity (Wildman–Crippen MR) is 125 cm³/mol. The number of hydrogen-bond acceptors (Lipinski definition) is 6. The smallest absolute Gasteiger partial charge is 0.295 e. The van der Waals surface area contributed by atoms with E-state index >= 15 is 0 Å². The Balaban J connectivity index is 1.81. The van der Waals surface area contributed by atoms with Crippen LogP contribution in [0.3, 0.4) is 0 Å². The molecule has 1 fully saturated rings. The van der Waals surface area contributed by atoms with Crippen LogP contribution in [-0.4, -0.2) is 40.3 Å². The number of nitrogens with zero attached hydrogens (tertiary/aromatic N) is 2. The summed E-state index contributed by atoms with van der Waals surface area (Å²) in [5, 5.41) is 22.5. The van der Waals surface area contributed by atoms with Gasteiger partial charge in [0.1, 0.15) is 11.5 Å². The van der Waals surface area contributed by atoms with Crippen LogP contribution < -0.4 is 4.74 Å². The first-order valence-electron chi connectivity index (χ1n) is 10.6. The van der Waals surface area contributed by atoms with Crippen molar-refractivity contribution in [2.24, 2.45) is 0 Å². The number of non-ortho nitro benzene ring substituents is 1. The molecule has 8 heteroatoms. The summed E-state index contributed by atoms with van der Waals surface area (Å²) in [7, 11) is 1.51. The summed E-state index contributed by atoms with van der Waals surface area (Å²) in [4.78, 5) is 38.3. The van der Waals surface area contributed by atoms with Crippen molar-refractivity contribution in [2.45, 2.75) is 12.5 Å². The van der Waals surface area contributed by atoms with E-state index in [0.717, 1.165) is 5.56 Å². The van der Waals surface area contributed by atoms with Crippen molar-refractivity contribution in [2.75, 3.05) is 13.7 Å². The number of aliphatic hydroxyl groups excluding tert-OH is 1. The second-order valence-electron chi connectivity index (χ2n) is 7.81. The highest BCUT2D eigenvalue weighted by molar-refractivity contribution is 6.46. The van der Waals surface area contributed by atoms with Crippen LogP contribution in [-0.2, 0) is 16.0 Å². The molecule has 0 aliphatic carbocycles. The van der Waals surface area contributed by atoms with Crippen molar-refractivity contribution in [3.8, 4) is 5.75 Å². The minimum absolute atomic E-state index is 0.108. The number of methoxy groups -OCH3 is 1. The molecule has 0 unspecified atom stereocenters. The van der Waals surface area contributed by atoms with Gasteiger partial charge in [-0.2, -0.15) is 0 Å². The largest absolute Gasteiger partial charge is 0.507 e. The standard InChI is InChI=1S/C26H22N2O6/c1-34-21-12-10-18(11-13-21)24(29)22-23(19-8-5-9-20(16-19)28(32)33)27(26(31)25(22)30)15-14-17-6-3-2-4-7-17/h2-13,16,23,29H,14-15H2,1H3/t23-/m1/s1. The predicted octanol–water partition coefficient (Wildman–Crippen LogP) is 4.27. The zero-order chi connectivity index (χ0) is 24.2. The lowest BCUT2D eigenvalue weighted by Gasteiger charge is -2.25. The van der Waals surface area contributed by atoms with Gasteiger partial charge < -0.3 is 14.7 Å². The van der Waals surface area contributed by atoms with Gasteiger partial charge >= 0.3 is 0 Å². The summed E-state index contributed by atoms with van der Waals surface area (Å²) in [6.45, 7) is 0.196. The van der Waals surface area contributed by atoms with Gasteiger partial charge in [-0.1, -0.05) is 42.5 Å². The molecule has 3 aromatic rings. The third kappa shape index (κ3) is 4.38. The van der Waals surface area contributed by atoms with Crippen molar-refractivity contribution in [3.63, 3.8) is 0 Å². The van der Waals surface area contributed by atoms with Crippen LogP contribution in [0.25, 0.3) is 5.76 Å². The number of amides is 1. The number of carbonyl (C=O) groups is 2. The summed E-state index contributed by atoms with van der Waals surface area (Å²) in [5.74, 6) is -1.38. The number of likely N-dealkylation sites (tertiary alicyclic amines) is 1. The zero-order valence-electron chi connectivity index (χ0n) is 18.4. The van der Waals surface area contributed by atoms with Crippen molar-refractivity contribution < 1.29 is 24.4 Å². The maximum absolute atomic E-state index is 13.1. The quantitative estimate of drug-likeness (QED) is 0.186. The number of ketones is 1. The lowest BCUT2D eigenvalue weighted by Crippen LogP contribution is -2.31. The molecule has 0 aromatic heterocycles. The van der Waals surface area contributed by atoms with Crippen LogP contribution in [0.5, 0.6) is 5.75 Å². The molecule has 0 radical (unpaired) electrons. The second-order valence-corrected chi connectivity index (χ2v) is 7.81. The topological polar surface area (TPSA) is 110 Å². The number of carbonyl (C=O) groups excluding carboxylic acids is 2. The molecule has 1 saturated heterocycles. The highest BCUT2D eigenvalue weighted by atomic mass is 16.6. The van der Waals surface area contributed by atoms with Gasteiger partial charge in [-0.15, -0.1) is 0 Å². The normalized spacial score (nSPS) is 17.1. The summed E-state index contributed by atoms with van der Waals surface area (Å²) in [5.41, 5.74) is 1.39. The van der Waals surface area contributed by atoms with E-state index in [4.69, 9.17) is 4.74 Å². The van der Waals surface area contributed by atoms with E-state index in [2.05, 4.69) is 0 Å². The first-order chi connectivity index (χ1) is 16.4. The van der Waals surface area contributed by atoms with Gasteiger partial charge in [0, 0.05) is 24.2 Å². The molecule has 0 spiro atoms. The molecule has 34 heavy (non-hydrogen) atoms. The molecule has 1 aliphatic heterocycles. The van der Waals surface area contributed by atoms with Crippen molar-refractivity contribution >= 4 is 23.1 Å². The Bertz CT molecular complexity index is 1270. The highest BCUT2D eigenvalue weighted by Gasteiger charge is 2.46. The van der Waals surface area contributed by atoms with Crippen LogP contribution in [0.1, 0.15) is 22.7 Å². The second kappa shape index (κ2) is 9.58. The van der Waals surface area contributed by atoms with Gasteiger partial charge in [0.2, 0.25) is 0 Å². The summed E-state index contributed by atoms with van der Waals surface area (Å²) < 4.78 is 5.14. The van der Waals surface area contributed by atoms with Crippen LogP contribution in [0, 0.1) is 10.1 Å². The minimum atomic E-state index is -0.967. The number of rotatable bonds is 7. The molecule has 3 aromatic carbocycles. The van der Waals surface area contributed by atoms with E-state index in [1.54, 1.807) is 30.3 Å². The van der Waals surface area contributed by atoms with Gasteiger partial charge in [-0.05, 0) is 41.8 Å². The molecule has 0 saturated carbocycles. The van der Waals surface area contributed by atoms with Gasteiger partial charge in [0.15, 0.2) is 0 Å². The maximum atomic E-state index is 13.1. The maximum Gasteiger partial charge on any atom is 0.295 e. The van der Waals surface area contributed by atoms with Gasteiger partial charge in [-0.25, -0.2) is 0 Å². The molecular formula is C26H22N2O6. The van der Waals surface area contributed by atoms with E-state index in [1.165, 1.54) is 30.2 Å². The van der Waals surface area contributed by atoms with Crippen LogP contribution in [0.4, 0.5) is 5.69 Å². The third-order valence-electron chi connectivity index (χ3n) is 5.78. The molecule has 8 nitrogen and oxygen atoms in total. The molecule has 1 atom stereocenters. The minimum Gasteiger partial charge on any atom is -0.507 e. The fourth-order valence-electron chi connectivity index (χ4n) is 4.06. The zero-order valence-corrected chi connectivity index (χ0v) is 18.4. The Kier molecular flexibility index (Phi) is 6.40. The number of benzene rings is 3. The number of aliphatic hydroxyl groups is 1. The molecular weight excluding hydrogens is 436 g/mol. The van der Waals surface area contributed by atoms with E-state index < -0.39 is 22.7 Å². The van der Waals surface area contributed by atoms with E-state index in [-0.39, 0.29) is 23.6 Å². The van der Waals surface area contributed by atoms with E-state index in [1.807, 2.05) is 30.3 Å². The molecule has 1 aliphatic rings. The molecule has 1 amide bonds. The Labute approximate surface area is 195 Å².